The Labute approximate surface area is 181 Å². The van der Waals surface area contributed by atoms with Crippen molar-refractivity contribution in [1.82, 2.24) is 24.6 Å². The first kappa shape index (κ1) is 21.1. The number of hydrogen-bond donors (Lipinski definition) is 0. The summed E-state index contributed by atoms with van der Waals surface area (Å²) in [6.45, 7) is 3.89. The van der Waals surface area contributed by atoms with Gasteiger partial charge < -0.3 is 9.80 Å². The van der Waals surface area contributed by atoms with Gasteiger partial charge in [0.2, 0.25) is 0 Å². The number of aromatic nitrogens is 4. The number of rotatable bonds is 3. The molecular weight excluding hydrogens is 433 g/mol. The van der Waals surface area contributed by atoms with Crippen LogP contribution in [0.25, 0.3) is 5.82 Å². The molecule has 3 aromatic heterocycles. The van der Waals surface area contributed by atoms with Crippen molar-refractivity contribution >= 4 is 23.3 Å². The van der Waals surface area contributed by atoms with E-state index in [0.29, 0.717) is 42.6 Å². The predicted octanol–water partition coefficient (Wildman–Crippen LogP) is 3.61. The molecule has 0 saturated carbocycles. The molecule has 162 valence electrons. The van der Waals surface area contributed by atoms with Crippen molar-refractivity contribution in [2.45, 2.75) is 13.1 Å². The minimum absolute atomic E-state index is 0.186. The number of anilines is 1. The Morgan fingerprint density at radius 1 is 1.03 bits per heavy atom. The number of piperazine rings is 1. The van der Waals surface area contributed by atoms with Gasteiger partial charge in [0.25, 0.3) is 5.91 Å². The van der Waals surface area contributed by atoms with Crippen molar-refractivity contribution in [3.05, 3.63) is 64.7 Å². The van der Waals surface area contributed by atoms with Crippen LogP contribution in [0, 0.1) is 6.92 Å². The SMILES string of the molecule is Cc1c(C(=O)N2CCN(c3cccc(Cl)n3)CC2)cnn1-c1ccc(C(F)(F)F)cn1. The molecule has 31 heavy (non-hydrogen) atoms. The van der Waals surface area contributed by atoms with E-state index in [1.165, 1.54) is 16.9 Å². The molecule has 0 bridgehead atoms. The highest BCUT2D eigenvalue weighted by atomic mass is 35.5. The number of nitrogens with zero attached hydrogens (tertiary/aromatic N) is 6. The average molecular weight is 451 g/mol. The van der Waals surface area contributed by atoms with Gasteiger partial charge in [0.05, 0.1) is 23.0 Å². The number of pyridine rings is 2. The number of amides is 1. The molecule has 0 radical (unpaired) electrons. The summed E-state index contributed by atoms with van der Waals surface area (Å²) in [5, 5.41) is 4.57. The normalized spacial score (nSPS) is 14.7. The Bertz CT molecular complexity index is 1090. The largest absolute Gasteiger partial charge is 0.417 e. The van der Waals surface area contributed by atoms with E-state index in [4.69, 9.17) is 11.6 Å². The smallest absolute Gasteiger partial charge is 0.353 e. The zero-order valence-corrected chi connectivity index (χ0v) is 17.2. The number of carbonyl (C=O) groups excluding carboxylic acids is 1. The van der Waals surface area contributed by atoms with Gasteiger partial charge in [-0.2, -0.15) is 18.3 Å². The first-order valence-corrected chi connectivity index (χ1v) is 9.87. The predicted molar refractivity (Wildman–Crippen MR) is 108 cm³/mol. The van der Waals surface area contributed by atoms with Crippen LogP contribution in [-0.2, 0) is 6.18 Å². The average Bonchev–Trinajstić information content (AvgIpc) is 3.14. The summed E-state index contributed by atoms with van der Waals surface area (Å²) in [4.78, 5) is 24.9. The Morgan fingerprint density at radius 2 is 1.77 bits per heavy atom. The molecule has 7 nitrogen and oxygen atoms in total. The van der Waals surface area contributed by atoms with Crippen LogP contribution in [0.1, 0.15) is 21.6 Å². The van der Waals surface area contributed by atoms with E-state index in [2.05, 4.69) is 20.0 Å². The Kier molecular flexibility index (Phi) is 5.57. The molecule has 11 heteroatoms. The molecule has 0 N–H and O–H groups in total. The van der Waals surface area contributed by atoms with Crippen molar-refractivity contribution in [3.8, 4) is 5.82 Å². The van der Waals surface area contributed by atoms with E-state index in [1.54, 1.807) is 17.9 Å². The highest BCUT2D eigenvalue weighted by Gasteiger charge is 2.31. The van der Waals surface area contributed by atoms with Gasteiger partial charge in [-0.1, -0.05) is 17.7 Å². The third kappa shape index (κ3) is 4.34. The topological polar surface area (TPSA) is 67.2 Å². The van der Waals surface area contributed by atoms with Crippen molar-refractivity contribution in [2.75, 3.05) is 31.1 Å². The summed E-state index contributed by atoms with van der Waals surface area (Å²) in [6, 6.07) is 7.57. The number of hydrogen-bond acceptors (Lipinski definition) is 5. The van der Waals surface area contributed by atoms with Crippen LogP contribution in [0.2, 0.25) is 5.15 Å². The second-order valence-electron chi connectivity index (χ2n) is 7.06. The summed E-state index contributed by atoms with van der Waals surface area (Å²) in [7, 11) is 0. The van der Waals surface area contributed by atoms with Crippen molar-refractivity contribution in [1.29, 1.82) is 0 Å². The van der Waals surface area contributed by atoms with Crippen LogP contribution in [0.3, 0.4) is 0 Å². The van der Waals surface area contributed by atoms with E-state index in [0.717, 1.165) is 18.1 Å². The molecule has 1 amide bonds. The Hall–Kier alpha value is -3.14. The van der Waals surface area contributed by atoms with Crippen molar-refractivity contribution in [3.63, 3.8) is 0 Å². The summed E-state index contributed by atoms with van der Waals surface area (Å²) in [5.74, 6) is 0.785. The minimum Gasteiger partial charge on any atom is -0.353 e. The molecule has 1 aliphatic heterocycles. The van der Waals surface area contributed by atoms with E-state index in [9.17, 15) is 18.0 Å². The fraction of sp³-hybridized carbons (Fsp3) is 0.300. The maximum atomic E-state index is 13.0. The summed E-state index contributed by atoms with van der Waals surface area (Å²) in [5.41, 5.74) is 0.0525. The van der Waals surface area contributed by atoms with Gasteiger partial charge in [0, 0.05) is 32.4 Å². The molecule has 0 unspecified atom stereocenters. The van der Waals surface area contributed by atoms with Gasteiger partial charge in [0.1, 0.15) is 11.0 Å². The molecule has 4 rings (SSSR count). The van der Waals surface area contributed by atoms with Gasteiger partial charge in [-0.3, -0.25) is 4.79 Å². The molecule has 0 aromatic carbocycles. The maximum Gasteiger partial charge on any atom is 0.417 e. The lowest BCUT2D eigenvalue weighted by atomic mass is 10.2. The number of carbonyl (C=O) groups is 1. The zero-order valence-electron chi connectivity index (χ0n) is 16.5. The molecule has 4 heterocycles. The van der Waals surface area contributed by atoms with Gasteiger partial charge in [-0.15, -0.1) is 0 Å². The fourth-order valence-corrected chi connectivity index (χ4v) is 3.57. The Balaban J connectivity index is 1.46. The summed E-state index contributed by atoms with van der Waals surface area (Å²) in [6.07, 6.45) is -2.29. The van der Waals surface area contributed by atoms with E-state index < -0.39 is 11.7 Å². The third-order valence-electron chi connectivity index (χ3n) is 5.12. The second kappa shape index (κ2) is 8.18. The quantitative estimate of drug-likeness (QED) is 0.570. The summed E-state index contributed by atoms with van der Waals surface area (Å²) >= 11 is 5.95. The van der Waals surface area contributed by atoms with Crippen LogP contribution in [-0.4, -0.2) is 56.7 Å². The molecule has 1 fully saturated rings. The fourth-order valence-electron chi connectivity index (χ4n) is 3.41. The standard InChI is InChI=1S/C20H18ClF3N6O/c1-13-15(12-26-30(13)17-6-5-14(11-25-17)20(22,23)24)19(31)29-9-7-28(8-10-29)18-4-2-3-16(21)27-18/h2-6,11-12H,7-10H2,1H3. The molecular formula is C20H18ClF3N6O. The molecule has 0 atom stereocenters. The maximum absolute atomic E-state index is 13.0. The highest BCUT2D eigenvalue weighted by molar-refractivity contribution is 6.29. The van der Waals surface area contributed by atoms with Crippen LogP contribution in [0.4, 0.5) is 19.0 Å². The van der Waals surface area contributed by atoms with E-state index in [1.807, 2.05) is 12.1 Å². The summed E-state index contributed by atoms with van der Waals surface area (Å²) < 4.78 is 39.6. The first-order chi connectivity index (χ1) is 14.7. The molecule has 1 saturated heterocycles. The van der Waals surface area contributed by atoms with Gasteiger partial charge in [-0.25, -0.2) is 14.6 Å². The number of halogens is 4. The lowest BCUT2D eigenvalue weighted by Gasteiger charge is -2.35. The highest BCUT2D eigenvalue weighted by Crippen LogP contribution is 2.29. The lowest BCUT2D eigenvalue weighted by Crippen LogP contribution is -2.49. The van der Waals surface area contributed by atoms with Crippen LogP contribution < -0.4 is 4.90 Å². The van der Waals surface area contributed by atoms with Gasteiger partial charge >= 0.3 is 6.18 Å². The monoisotopic (exact) mass is 450 g/mol. The van der Waals surface area contributed by atoms with Crippen LogP contribution >= 0.6 is 11.6 Å². The molecule has 0 spiro atoms. The molecule has 0 aliphatic carbocycles. The first-order valence-electron chi connectivity index (χ1n) is 9.49. The lowest BCUT2D eigenvalue weighted by molar-refractivity contribution is -0.137. The van der Waals surface area contributed by atoms with Gasteiger partial charge in [-0.05, 0) is 31.2 Å². The van der Waals surface area contributed by atoms with E-state index in [-0.39, 0.29) is 11.7 Å². The van der Waals surface area contributed by atoms with Crippen molar-refractivity contribution in [2.24, 2.45) is 0 Å². The number of alkyl halides is 3. The van der Waals surface area contributed by atoms with E-state index >= 15 is 0 Å². The molecule has 1 aliphatic rings. The molecule has 3 aromatic rings. The van der Waals surface area contributed by atoms with Crippen LogP contribution in [0.5, 0.6) is 0 Å². The zero-order chi connectivity index (χ0) is 22.2. The minimum atomic E-state index is -4.46. The second-order valence-corrected chi connectivity index (χ2v) is 7.44. The third-order valence-corrected chi connectivity index (χ3v) is 5.33. The Morgan fingerprint density at radius 3 is 2.39 bits per heavy atom. The van der Waals surface area contributed by atoms with Crippen molar-refractivity contribution < 1.29 is 18.0 Å². The van der Waals surface area contributed by atoms with Gasteiger partial charge in [0.15, 0.2) is 5.82 Å². The van der Waals surface area contributed by atoms with Crippen LogP contribution in [0.15, 0.2) is 42.7 Å².